The van der Waals surface area contributed by atoms with Crippen molar-refractivity contribution in [2.45, 2.75) is 6.54 Å². The first-order valence-corrected chi connectivity index (χ1v) is 13.9. The smallest absolute Gasteiger partial charge is 0.274 e. The molecule has 5 aromatic rings. The predicted molar refractivity (Wildman–Crippen MR) is 158 cm³/mol. The van der Waals surface area contributed by atoms with Crippen LogP contribution in [0.2, 0.25) is 15.1 Å². The molecule has 1 fully saturated rings. The summed E-state index contributed by atoms with van der Waals surface area (Å²) in [6, 6.07) is 22.7. The van der Waals surface area contributed by atoms with E-state index in [0.717, 1.165) is 22.5 Å². The van der Waals surface area contributed by atoms with Gasteiger partial charge in [0.25, 0.3) is 5.91 Å². The summed E-state index contributed by atoms with van der Waals surface area (Å²) in [6.07, 6.45) is 3.09. The number of amides is 1. The van der Waals surface area contributed by atoms with Crippen LogP contribution < -0.4 is 4.90 Å². The Labute approximate surface area is 246 Å². The number of anilines is 1. The first-order valence-electron chi connectivity index (χ1n) is 12.7. The van der Waals surface area contributed by atoms with Gasteiger partial charge in [0.2, 0.25) is 0 Å². The molecule has 3 aromatic carbocycles. The number of carbonyl (C=O) groups excluding carboxylic acids is 1. The third kappa shape index (κ3) is 5.30. The van der Waals surface area contributed by atoms with E-state index < -0.39 is 0 Å². The lowest BCUT2D eigenvalue weighted by Gasteiger charge is -2.36. The number of hydrogen-bond acceptors (Lipinski definition) is 5. The Balaban J connectivity index is 1.42. The molecule has 3 heterocycles. The van der Waals surface area contributed by atoms with Gasteiger partial charge >= 0.3 is 0 Å². The second-order valence-electron chi connectivity index (χ2n) is 9.40. The van der Waals surface area contributed by atoms with E-state index in [4.69, 9.17) is 39.9 Å². The fourth-order valence-corrected chi connectivity index (χ4v) is 5.47. The van der Waals surface area contributed by atoms with Crippen molar-refractivity contribution in [3.8, 4) is 16.9 Å². The molecule has 1 amide bonds. The highest BCUT2D eigenvalue weighted by atomic mass is 35.5. The number of aromatic nitrogens is 5. The average Bonchev–Trinajstić information content (AvgIpc) is 3.62. The second-order valence-corrected chi connectivity index (χ2v) is 10.7. The van der Waals surface area contributed by atoms with Crippen molar-refractivity contribution in [2.24, 2.45) is 0 Å². The topological polar surface area (TPSA) is 72.1 Å². The number of halogens is 3. The first kappa shape index (κ1) is 26.4. The standard InChI is InChI=1S/C29H24Cl3N7O/c30-21-10-8-20(9-11-21)28-24(17-38-19-33-18-34-38)27(35-39(28)26-7-2-1-6-25(26)32)29(40)37-14-12-36(13-15-37)23-5-3-4-22(31)16-23/h1-11,16,18-19H,12-15,17H2. The van der Waals surface area contributed by atoms with Crippen molar-refractivity contribution >= 4 is 46.4 Å². The number of rotatable bonds is 6. The van der Waals surface area contributed by atoms with Gasteiger partial charge in [-0.15, -0.1) is 0 Å². The van der Waals surface area contributed by atoms with E-state index >= 15 is 0 Å². The Morgan fingerprint density at radius 3 is 2.33 bits per heavy atom. The summed E-state index contributed by atoms with van der Waals surface area (Å²) in [6.45, 7) is 2.75. The molecule has 0 bridgehead atoms. The van der Waals surface area contributed by atoms with E-state index in [-0.39, 0.29) is 5.91 Å². The Bertz CT molecular complexity index is 1640. The van der Waals surface area contributed by atoms with E-state index in [9.17, 15) is 4.79 Å². The summed E-state index contributed by atoms with van der Waals surface area (Å²) in [7, 11) is 0. The van der Waals surface area contributed by atoms with E-state index in [1.54, 1.807) is 21.8 Å². The number of nitrogens with zero attached hydrogens (tertiary/aromatic N) is 7. The van der Waals surface area contributed by atoms with Gasteiger partial charge in [-0.2, -0.15) is 10.2 Å². The third-order valence-corrected chi connectivity index (χ3v) is 7.72. The van der Waals surface area contributed by atoms with Crippen LogP contribution in [-0.4, -0.2) is 61.5 Å². The Morgan fingerprint density at radius 1 is 0.850 bits per heavy atom. The van der Waals surface area contributed by atoms with Crippen LogP contribution in [0.4, 0.5) is 5.69 Å². The molecule has 1 saturated heterocycles. The maximum absolute atomic E-state index is 14.1. The fraction of sp³-hybridized carbons (Fsp3) is 0.172. The lowest BCUT2D eigenvalue weighted by Crippen LogP contribution is -2.49. The maximum Gasteiger partial charge on any atom is 0.274 e. The molecule has 1 aliphatic rings. The van der Waals surface area contributed by atoms with E-state index in [1.165, 1.54) is 6.33 Å². The largest absolute Gasteiger partial charge is 0.368 e. The van der Waals surface area contributed by atoms with Gasteiger partial charge in [0.15, 0.2) is 5.69 Å². The van der Waals surface area contributed by atoms with Crippen LogP contribution >= 0.6 is 34.8 Å². The highest BCUT2D eigenvalue weighted by Gasteiger charge is 2.31. The Morgan fingerprint density at radius 2 is 1.62 bits per heavy atom. The summed E-state index contributed by atoms with van der Waals surface area (Å²) < 4.78 is 3.43. The molecule has 2 aromatic heterocycles. The highest BCUT2D eigenvalue weighted by Crippen LogP contribution is 2.34. The van der Waals surface area contributed by atoms with Crippen LogP contribution in [0.15, 0.2) is 85.5 Å². The minimum Gasteiger partial charge on any atom is -0.368 e. The maximum atomic E-state index is 14.1. The number of para-hydroxylation sites is 1. The molecule has 0 N–H and O–H groups in total. The molecule has 40 heavy (non-hydrogen) atoms. The fourth-order valence-electron chi connectivity index (χ4n) is 4.94. The second kappa shape index (κ2) is 11.3. The molecule has 202 valence electrons. The molecule has 0 spiro atoms. The summed E-state index contributed by atoms with van der Waals surface area (Å²) >= 11 is 19.1. The molecule has 11 heteroatoms. The molecule has 0 aliphatic carbocycles. The van der Waals surface area contributed by atoms with Crippen LogP contribution in [0.1, 0.15) is 16.1 Å². The van der Waals surface area contributed by atoms with Crippen LogP contribution in [0.5, 0.6) is 0 Å². The molecule has 0 radical (unpaired) electrons. The molecule has 8 nitrogen and oxygen atoms in total. The molecule has 0 saturated carbocycles. The minimum absolute atomic E-state index is 0.151. The SMILES string of the molecule is O=C(c1nn(-c2ccccc2Cl)c(-c2ccc(Cl)cc2)c1Cn1cncn1)N1CCN(c2cccc(Cl)c2)CC1. The predicted octanol–water partition coefficient (Wildman–Crippen LogP) is 6.10. The lowest BCUT2D eigenvalue weighted by atomic mass is 10.0. The van der Waals surface area contributed by atoms with Crippen molar-refractivity contribution in [1.29, 1.82) is 0 Å². The van der Waals surface area contributed by atoms with E-state index in [2.05, 4.69) is 15.0 Å². The summed E-state index contributed by atoms with van der Waals surface area (Å²) in [5, 5.41) is 11.0. The Hall–Kier alpha value is -3.85. The third-order valence-electron chi connectivity index (χ3n) is 6.91. The van der Waals surface area contributed by atoms with Crippen LogP contribution in [0.25, 0.3) is 16.9 Å². The van der Waals surface area contributed by atoms with E-state index in [1.807, 2.05) is 71.6 Å². The zero-order valence-corrected chi connectivity index (χ0v) is 23.6. The van der Waals surface area contributed by atoms with Crippen molar-refractivity contribution in [2.75, 3.05) is 31.1 Å². The average molecular weight is 593 g/mol. The molecule has 1 aliphatic heterocycles. The summed E-state index contributed by atoms with van der Waals surface area (Å²) in [5.74, 6) is -0.151. The lowest BCUT2D eigenvalue weighted by molar-refractivity contribution is 0.0739. The molecule has 0 unspecified atom stereocenters. The quantitative estimate of drug-likeness (QED) is 0.238. The molecule has 0 atom stereocenters. The van der Waals surface area contributed by atoms with Crippen molar-refractivity contribution < 1.29 is 4.79 Å². The Kier molecular flexibility index (Phi) is 7.47. The number of carbonyl (C=O) groups is 1. The highest BCUT2D eigenvalue weighted by molar-refractivity contribution is 6.32. The zero-order valence-electron chi connectivity index (χ0n) is 21.3. The first-order chi connectivity index (χ1) is 19.5. The van der Waals surface area contributed by atoms with Gasteiger partial charge in [0.05, 0.1) is 22.9 Å². The van der Waals surface area contributed by atoms with Gasteiger partial charge in [-0.1, -0.05) is 65.1 Å². The molecular weight excluding hydrogens is 569 g/mol. The normalized spacial score (nSPS) is 13.6. The zero-order chi connectivity index (χ0) is 27.6. The van der Waals surface area contributed by atoms with Crippen LogP contribution in [0, 0.1) is 0 Å². The van der Waals surface area contributed by atoms with Crippen LogP contribution in [0.3, 0.4) is 0 Å². The number of hydrogen-bond donors (Lipinski definition) is 0. The number of benzene rings is 3. The summed E-state index contributed by atoms with van der Waals surface area (Å²) in [4.78, 5) is 22.3. The summed E-state index contributed by atoms with van der Waals surface area (Å²) in [5.41, 5.74) is 4.35. The molecular formula is C29H24Cl3N7O. The van der Waals surface area contributed by atoms with Gasteiger partial charge in [0.1, 0.15) is 12.7 Å². The minimum atomic E-state index is -0.151. The van der Waals surface area contributed by atoms with Crippen LogP contribution in [-0.2, 0) is 6.54 Å². The van der Waals surface area contributed by atoms with Crippen molar-refractivity contribution in [1.82, 2.24) is 29.4 Å². The van der Waals surface area contributed by atoms with E-state index in [0.29, 0.717) is 59.2 Å². The van der Waals surface area contributed by atoms with Gasteiger partial charge in [-0.25, -0.2) is 14.3 Å². The van der Waals surface area contributed by atoms with Gasteiger partial charge < -0.3 is 9.80 Å². The van der Waals surface area contributed by atoms with Gasteiger partial charge in [-0.3, -0.25) is 4.79 Å². The molecule has 6 rings (SSSR count). The van der Waals surface area contributed by atoms with Crippen molar-refractivity contribution in [3.05, 3.63) is 112 Å². The van der Waals surface area contributed by atoms with Crippen molar-refractivity contribution in [3.63, 3.8) is 0 Å². The van der Waals surface area contributed by atoms with Gasteiger partial charge in [0, 0.05) is 53.0 Å². The van der Waals surface area contributed by atoms with Gasteiger partial charge in [-0.05, 0) is 42.5 Å². The monoisotopic (exact) mass is 591 g/mol. The number of piperazine rings is 1.